The Hall–Kier alpha value is -2.35. The molecule has 2 fully saturated rings. The number of ether oxygens (including phenoxy) is 1. The number of halogens is 1. The maximum atomic E-state index is 13.9. The molecule has 3 heterocycles. The number of carbonyl (C=O) groups is 1. The van der Waals surface area contributed by atoms with E-state index in [9.17, 15) is 9.18 Å². The number of hydrogen-bond donors (Lipinski definition) is 0. The van der Waals surface area contributed by atoms with Gasteiger partial charge in [0.1, 0.15) is 6.04 Å². The minimum Gasteiger partial charge on any atom is -0.374 e. The van der Waals surface area contributed by atoms with Crippen LogP contribution < -0.4 is 0 Å². The Morgan fingerprint density at radius 3 is 3.00 bits per heavy atom. The number of hydrogen-bond acceptors (Lipinski definition) is 6. The molecule has 0 radical (unpaired) electrons. The molecule has 2 aromatic heterocycles. The van der Waals surface area contributed by atoms with Gasteiger partial charge >= 0.3 is 0 Å². The first-order valence-corrected chi connectivity index (χ1v) is 8.00. The summed E-state index contributed by atoms with van der Waals surface area (Å²) in [7, 11) is 0. The topological polar surface area (TPSA) is 81.4 Å². The van der Waals surface area contributed by atoms with Gasteiger partial charge in [-0.15, -0.1) is 0 Å². The Kier molecular flexibility index (Phi) is 3.76. The predicted octanol–water partition coefficient (Wildman–Crippen LogP) is 2.08. The van der Waals surface area contributed by atoms with E-state index >= 15 is 0 Å². The molecule has 4 rings (SSSR count). The summed E-state index contributed by atoms with van der Waals surface area (Å²) in [6.45, 7) is 2.55. The van der Waals surface area contributed by atoms with Crippen LogP contribution in [-0.4, -0.2) is 45.2 Å². The van der Waals surface area contributed by atoms with Crippen molar-refractivity contribution >= 4 is 5.91 Å². The molecule has 1 aliphatic heterocycles. The second-order valence-corrected chi connectivity index (χ2v) is 6.14. The van der Waals surface area contributed by atoms with Crippen molar-refractivity contribution in [2.75, 3.05) is 13.2 Å². The molecule has 24 heavy (non-hydrogen) atoms. The van der Waals surface area contributed by atoms with Crippen LogP contribution in [0.15, 0.2) is 23.0 Å². The third-order valence-electron chi connectivity index (χ3n) is 4.41. The maximum absolute atomic E-state index is 13.9. The van der Waals surface area contributed by atoms with E-state index in [0.29, 0.717) is 30.8 Å². The van der Waals surface area contributed by atoms with Crippen molar-refractivity contribution in [1.82, 2.24) is 20.0 Å². The van der Waals surface area contributed by atoms with Crippen molar-refractivity contribution in [3.63, 3.8) is 0 Å². The van der Waals surface area contributed by atoms with E-state index < -0.39 is 17.8 Å². The largest absolute Gasteiger partial charge is 0.374 e. The Morgan fingerprint density at radius 1 is 1.42 bits per heavy atom. The van der Waals surface area contributed by atoms with Gasteiger partial charge in [0.2, 0.25) is 0 Å². The van der Waals surface area contributed by atoms with Crippen molar-refractivity contribution in [1.29, 1.82) is 0 Å². The van der Waals surface area contributed by atoms with Crippen molar-refractivity contribution in [3.8, 4) is 0 Å². The Morgan fingerprint density at radius 2 is 2.25 bits per heavy atom. The van der Waals surface area contributed by atoms with Gasteiger partial charge in [0.15, 0.2) is 11.6 Å². The average Bonchev–Trinajstić information content (AvgIpc) is 3.32. The van der Waals surface area contributed by atoms with E-state index in [1.54, 1.807) is 0 Å². The first-order valence-electron chi connectivity index (χ1n) is 8.00. The van der Waals surface area contributed by atoms with Gasteiger partial charge in [-0.25, -0.2) is 4.39 Å². The van der Waals surface area contributed by atoms with Gasteiger partial charge in [-0.2, -0.15) is 4.98 Å². The lowest BCUT2D eigenvalue weighted by Crippen LogP contribution is -2.47. The van der Waals surface area contributed by atoms with Gasteiger partial charge in [-0.3, -0.25) is 9.78 Å². The summed E-state index contributed by atoms with van der Waals surface area (Å²) in [4.78, 5) is 22.5. The van der Waals surface area contributed by atoms with E-state index in [0.717, 1.165) is 19.0 Å². The lowest BCUT2D eigenvalue weighted by Gasteiger charge is -2.37. The van der Waals surface area contributed by atoms with Gasteiger partial charge < -0.3 is 14.2 Å². The molecule has 126 valence electrons. The normalized spacial score (nSPS) is 24.2. The van der Waals surface area contributed by atoms with E-state index in [4.69, 9.17) is 9.26 Å². The fourth-order valence-electron chi connectivity index (χ4n) is 2.96. The Balaban J connectivity index is 1.66. The fourth-order valence-corrected chi connectivity index (χ4v) is 2.96. The minimum atomic E-state index is -0.649. The molecular weight excluding hydrogens is 315 g/mol. The first-order chi connectivity index (χ1) is 11.6. The lowest BCUT2D eigenvalue weighted by atomic mass is 10.1. The van der Waals surface area contributed by atoms with Crippen LogP contribution in [0, 0.1) is 5.82 Å². The number of rotatable bonds is 3. The van der Waals surface area contributed by atoms with E-state index in [2.05, 4.69) is 15.1 Å². The van der Waals surface area contributed by atoms with Gasteiger partial charge in [0.25, 0.3) is 11.8 Å². The molecule has 1 amide bonds. The SMILES string of the molecule is C[C@H]1OCCN(C(=O)c2ccncc2F)[C@@H]1c1nc(C2CC2)no1. The summed E-state index contributed by atoms with van der Waals surface area (Å²) in [5.41, 5.74) is -0.0222. The molecule has 0 bridgehead atoms. The summed E-state index contributed by atoms with van der Waals surface area (Å²) < 4.78 is 25.0. The van der Waals surface area contributed by atoms with Gasteiger partial charge in [0, 0.05) is 18.7 Å². The van der Waals surface area contributed by atoms with Gasteiger partial charge in [0.05, 0.1) is 24.5 Å². The Bertz CT molecular complexity index is 761. The molecule has 1 saturated carbocycles. The van der Waals surface area contributed by atoms with Crippen molar-refractivity contribution in [2.24, 2.45) is 0 Å². The molecule has 0 spiro atoms. The van der Waals surface area contributed by atoms with Crippen LogP contribution in [-0.2, 0) is 4.74 Å². The minimum absolute atomic E-state index is 0.0222. The zero-order chi connectivity index (χ0) is 16.7. The summed E-state index contributed by atoms with van der Waals surface area (Å²) >= 11 is 0. The summed E-state index contributed by atoms with van der Waals surface area (Å²) in [6.07, 6.45) is 4.22. The molecule has 0 unspecified atom stereocenters. The molecule has 7 nitrogen and oxygen atoms in total. The predicted molar refractivity (Wildman–Crippen MR) is 79.7 cm³/mol. The van der Waals surface area contributed by atoms with Crippen molar-refractivity contribution in [3.05, 3.63) is 41.6 Å². The smallest absolute Gasteiger partial charge is 0.257 e. The third kappa shape index (κ3) is 2.66. The zero-order valence-corrected chi connectivity index (χ0v) is 13.2. The zero-order valence-electron chi connectivity index (χ0n) is 13.2. The summed E-state index contributed by atoms with van der Waals surface area (Å²) in [6, 6.07) is 0.844. The van der Waals surface area contributed by atoms with E-state index in [1.165, 1.54) is 17.2 Å². The molecule has 1 aliphatic carbocycles. The van der Waals surface area contributed by atoms with Crippen LogP contribution in [0.25, 0.3) is 0 Å². The second kappa shape index (κ2) is 5.94. The van der Waals surface area contributed by atoms with Crippen molar-refractivity contribution in [2.45, 2.75) is 37.8 Å². The highest BCUT2D eigenvalue weighted by Crippen LogP contribution is 2.39. The van der Waals surface area contributed by atoms with E-state index in [1.807, 2.05) is 6.92 Å². The number of nitrogens with zero attached hydrogens (tertiary/aromatic N) is 4. The molecular formula is C16H17FN4O3. The highest BCUT2D eigenvalue weighted by molar-refractivity contribution is 5.94. The number of carbonyl (C=O) groups excluding carboxylic acids is 1. The highest BCUT2D eigenvalue weighted by Gasteiger charge is 2.40. The molecule has 0 aromatic carbocycles. The maximum Gasteiger partial charge on any atom is 0.257 e. The summed E-state index contributed by atoms with van der Waals surface area (Å²) in [5, 5.41) is 4.01. The van der Waals surface area contributed by atoms with Crippen LogP contribution in [0.1, 0.15) is 53.8 Å². The number of pyridine rings is 1. The van der Waals surface area contributed by atoms with Gasteiger partial charge in [-0.1, -0.05) is 5.16 Å². The van der Waals surface area contributed by atoms with Crippen LogP contribution in [0.4, 0.5) is 4.39 Å². The number of amides is 1. The number of morpholine rings is 1. The van der Waals surface area contributed by atoms with Crippen LogP contribution in [0.2, 0.25) is 0 Å². The number of aromatic nitrogens is 3. The molecule has 0 N–H and O–H groups in total. The van der Waals surface area contributed by atoms with Crippen LogP contribution >= 0.6 is 0 Å². The monoisotopic (exact) mass is 332 g/mol. The standard InChI is InChI=1S/C16H17FN4O3/c1-9-13(15-19-14(20-24-15)10-2-3-10)21(6-7-23-9)16(22)11-4-5-18-8-12(11)17/h4-5,8-10,13H,2-3,6-7H2,1H3/t9-,13+/m1/s1. The lowest BCUT2D eigenvalue weighted by molar-refractivity contribution is -0.0601. The molecule has 2 atom stereocenters. The molecule has 2 aliphatic rings. The van der Waals surface area contributed by atoms with Crippen LogP contribution in [0.3, 0.4) is 0 Å². The van der Waals surface area contributed by atoms with Crippen molar-refractivity contribution < 1.29 is 18.4 Å². The average molecular weight is 332 g/mol. The highest BCUT2D eigenvalue weighted by atomic mass is 19.1. The Labute approximate surface area is 137 Å². The first kappa shape index (κ1) is 15.2. The van der Waals surface area contributed by atoms with E-state index in [-0.39, 0.29) is 11.7 Å². The molecule has 1 saturated heterocycles. The third-order valence-corrected chi connectivity index (χ3v) is 4.41. The summed E-state index contributed by atoms with van der Waals surface area (Å²) in [5.74, 6) is 0.284. The second-order valence-electron chi connectivity index (χ2n) is 6.14. The fraction of sp³-hybridized carbons (Fsp3) is 0.500. The quantitative estimate of drug-likeness (QED) is 0.856. The molecule has 8 heteroatoms. The van der Waals surface area contributed by atoms with Gasteiger partial charge in [-0.05, 0) is 25.8 Å². The molecule has 2 aromatic rings. The van der Waals surface area contributed by atoms with Crippen LogP contribution in [0.5, 0.6) is 0 Å².